The zero-order valence-corrected chi connectivity index (χ0v) is 20.6. The van der Waals surface area contributed by atoms with E-state index >= 15 is 0 Å². The molecular formula is C26H20N6OS2. The van der Waals surface area contributed by atoms with E-state index in [4.69, 9.17) is 15.1 Å². The molecule has 6 rings (SSSR count). The van der Waals surface area contributed by atoms with E-state index in [0.29, 0.717) is 11.4 Å². The Balaban J connectivity index is 1.49. The van der Waals surface area contributed by atoms with Crippen molar-refractivity contribution in [1.29, 1.82) is 0 Å². The third-order valence-corrected chi connectivity index (χ3v) is 7.91. The summed E-state index contributed by atoms with van der Waals surface area (Å²) in [6.07, 6.45) is 0. The molecule has 0 aliphatic rings. The Kier molecular flexibility index (Phi) is 5.28. The van der Waals surface area contributed by atoms with Crippen molar-refractivity contribution in [2.45, 2.75) is 6.92 Å². The van der Waals surface area contributed by atoms with E-state index in [2.05, 4.69) is 5.43 Å². The molecule has 172 valence electrons. The van der Waals surface area contributed by atoms with Gasteiger partial charge in [0, 0.05) is 7.05 Å². The topological polar surface area (TPSA) is 77.1 Å². The van der Waals surface area contributed by atoms with E-state index in [1.54, 1.807) is 27.4 Å². The fourth-order valence-electron chi connectivity index (χ4n) is 3.94. The highest BCUT2D eigenvalue weighted by molar-refractivity contribution is 7.23. The highest BCUT2D eigenvalue weighted by Gasteiger charge is 2.20. The van der Waals surface area contributed by atoms with Crippen molar-refractivity contribution >= 4 is 54.5 Å². The van der Waals surface area contributed by atoms with E-state index in [0.717, 1.165) is 41.8 Å². The van der Waals surface area contributed by atoms with Crippen molar-refractivity contribution in [3.63, 3.8) is 0 Å². The molecule has 0 amide bonds. The summed E-state index contributed by atoms with van der Waals surface area (Å²) < 4.78 is 5.59. The minimum atomic E-state index is -0.173. The molecule has 0 spiro atoms. The summed E-state index contributed by atoms with van der Waals surface area (Å²) in [6.45, 7) is 1.90. The van der Waals surface area contributed by atoms with Crippen molar-refractivity contribution in [1.82, 2.24) is 19.3 Å². The van der Waals surface area contributed by atoms with Crippen LogP contribution in [0, 0.1) is 6.92 Å². The van der Waals surface area contributed by atoms with E-state index in [9.17, 15) is 4.79 Å². The highest BCUT2D eigenvalue weighted by Crippen LogP contribution is 2.28. The molecule has 3 heterocycles. The second kappa shape index (κ2) is 8.61. The predicted octanol–water partition coefficient (Wildman–Crippen LogP) is 5.57. The number of para-hydroxylation sites is 3. The van der Waals surface area contributed by atoms with Crippen LogP contribution in [0.2, 0.25) is 0 Å². The van der Waals surface area contributed by atoms with Crippen LogP contribution in [0.1, 0.15) is 15.7 Å². The van der Waals surface area contributed by atoms with E-state index in [-0.39, 0.29) is 5.56 Å². The van der Waals surface area contributed by atoms with Gasteiger partial charge < -0.3 is 0 Å². The summed E-state index contributed by atoms with van der Waals surface area (Å²) >= 11 is 3.11. The van der Waals surface area contributed by atoms with Gasteiger partial charge in [0.2, 0.25) is 0 Å². The van der Waals surface area contributed by atoms with Gasteiger partial charge in [-0.05, 0) is 43.3 Å². The monoisotopic (exact) mass is 496 g/mol. The molecule has 0 aliphatic heterocycles. The van der Waals surface area contributed by atoms with Crippen LogP contribution >= 0.6 is 22.7 Å². The van der Waals surface area contributed by atoms with Crippen LogP contribution in [-0.2, 0) is 7.05 Å². The smallest absolute Gasteiger partial charge is 0.283 e. The molecule has 35 heavy (non-hydrogen) atoms. The van der Waals surface area contributed by atoms with Crippen molar-refractivity contribution in [3.05, 3.63) is 105 Å². The molecule has 7 nitrogen and oxygen atoms in total. The number of hydrazone groups is 1. The third-order valence-electron chi connectivity index (χ3n) is 5.83. The minimum absolute atomic E-state index is 0.173. The number of nitrogens with zero attached hydrogens (tertiary/aromatic N) is 5. The second-order valence-electron chi connectivity index (χ2n) is 7.98. The van der Waals surface area contributed by atoms with Gasteiger partial charge in [-0.25, -0.2) is 14.6 Å². The van der Waals surface area contributed by atoms with Crippen LogP contribution < -0.4 is 11.0 Å². The molecule has 0 unspecified atom stereocenters. The Morgan fingerprint density at radius 1 is 0.829 bits per heavy atom. The molecule has 3 aromatic carbocycles. The molecule has 0 saturated carbocycles. The van der Waals surface area contributed by atoms with Gasteiger partial charge in [0.25, 0.3) is 5.56 Å². The van der Waals surface area contributed by atoms with Gasteiger partial charge in [0.1, 0.15) is 15.7 Å². The molecule has 0 saturated heterocycles. The maximum absolute atomic E-state index is 13.4. The van der Waals surface area contributed by atoms with Gasteiger partial charge in [-0.3, -0.25) is 14.9 Å². The fraction of sp³-hybridized carbons (Fsp3) is 0.0769. The predicted molar refractivity (Wildman–Crippen MR) is 144 cm³/mol. The number of nitrogens with one attached hydrogen (secondary N) is 1. The summed E-state index contributed by atoms with van der Waals surface area (Å²) in [5.74, 6) is 0. The van der Waals surface area contributed by atoms with E-state index in [1.807, 2.05) is 97.5 Å². The molecule has 6 aromatic rings. The summed E-state index contributed by atoms with van der Waals surface area (Å²) in [7, 11) is 1.86. The first-order chi connectivity index (χ1) is 17.1. The average molecular weight is 497 g/mol. The van der Waals surface area contributed by atoms with Crippen LogP contribution in [0.25, 0.3) is 26.1 Å². The lowest BCUT2D eigenvalue weighted by Gasteiger charge is -2.07. The fourth-order valence-corrected chi connectivity index (χ4v) is 5.92. The molecule has 0 bridgehead atoms. The van der Waals surface area contributed by atoms with Gasteiger partial charge >= 0.3 is 0 Å². The van der Waals surface area contributed by atoms with Crippen molar-refractivity contribution in [3.8, 4) is 5.69 Å². The zero-order chi connectivity index (χ0) is 23.9. The molecule has 0 radical (unpaired) electrons. The Morgan fingerprint density at radius 2 is 1.37 bits per heavy atom. The first kappa shape index (κ1) is 21.5. The number of thiazole rings is 2. The Morgan fingerprint density at radius 3 is 1.94 bits per heavy atom. The van der Waals surface area contributed by atoms with E-state index in [1.165, 1.54) is 0 Å². The number of hydrogen-bond donors (Lipinski definition) is 1. The number of anilines is 1. The van der Waals surface area contributed by atoms with Crippen LogP contribution in [0.5, 0.6) is 0 Å². The lowest BCUT2D eigenvalue weighted by Crippen LogP contribution is -2.20. The van der Waals surface area contributed by atoms with Gasteiger partial charge in [-0.15, -0.1) is 22.7 Å². The molecule has 0 atom stereocenters. The number of aromatic nitrogens is 4. The minimum Gasteiger partial charge on any atom is -0.283 e. The average Bonchev–Trinajstić information content (AvgIpc) is 3.55. The van der Waals surface area contributed by atoms with E-state index < -0.39 is 0 Å². The lowest BCUT2D eigenvalue weighted by molar-refractivity contribution is 0.630. The second-order valence-corrected chi connectivity index (χ2v) is 10.0. The Hall–Kier alpha value is -4.08. The highest BCUT2D eigenvalue weighted by atomic mass is 32.1. The standard InChI is InChI=1S/C26H20N6OS2/c1-16-22(26(33)32(31(16)2)17-10-4-3-5-11-17)29-30-23(24-27-18-12-6-8-14-20(18)34-24)25-28-19-13-7-9-15-21(19)35-25/h3-15,29H,1-2H3. The number of benzene rings is 3. The zero-order valence-electron chi connectivity index (χ0n) is 19.0. The molecule has 0 aliphatic carbocycles. The third kappa shape index (κ3) is 3.74. The summed E-state index contributed by atoms with van der Waals surface area (Å²) in [5.41, 5.74) is 7.29. The van der Waals surface area contributed by atoms with Crippen LogP contribution in [0.15, 0.2) is 88.8 Å². The van der Waals surface area contributed by atoms with Crippen molar-refractivity contribution in [2.75, 3.05) is 5.43 Å². The Bertz CT molecular complexity index is 1630. The van der Waals surface area contributed by atoms with Gasteiger partial charge in [-0.1, -0.05) is 42.5 Å². The Labute approximate surface area is 208 Å². The molecule has 9 heteroatoms. The van der Waals surface area contributed by atoms with Gasteiger partial charge in [-0.2, -0.15) is 5.10 Å². The van der Waals surface area contributed by atoms with Crippen LogP contribution in [-0.4, -0.2) is 25.0 Å². The summed E-state index contributed by atoms with van der Waals surface area (Å²) in [6, 6.07) is 25.5. The normalized spacial score (nSPS) is 11.3. The van der Waals surface area contributed by atoms with Crippen molar-refractivity contribution < 1.29 is 0 Å². The summed E-state index contributed by atoms with van der Waals surface area (Å²) in [4.78, 5) is 23.0. The van der Waals surface area contributed by atoms with Crippen LogP contribution in [0.3, 0.4) is 0 Å². The molecule has 1 N–H and O–H groups in total. The lowest BCUT2D eigenvalue weighted by atomic mass is 10.3. The van der Waals surface area contributed by atoms with Gasteiger partial charge in [0.05, 0.1) is 31.8 Å². The number of rotatable bonds is 5. The van der Waals surface area contributed by atoms with Crippen LogP contribution in [0.4, 0.5) is 5.69 Å². The first-order valence-electron chi connectivity index (χ1n) is 11.0. The molecular weight excluding hydrogens is 476 g/mol. The SMILES string of the molecule is Cc1c(NN=C(c2nc3ccccc3s2)c2nc3ccccc3s2)c(=O)n(-c2ccccc2)n1C. The maximum Gasteiger partial charge on any atom is 0.296 e. The number of fused-ring (bicyclic) bond motifs is 2. The quantitative estimate of drug-likeness (QED) is 0.250. The largest absolute Gasteiger partial charge is 0.296 e. The van der Waals surface area contributed by atoms with Crippen molar-refractivity contribution in [2.24, 2.45) is 12.1 Å². The first-order valence-corrected chi connectivity index (χ1v) is 12.6. The molecule has 0 fully saturated rings. The van der Waals surface area contributed by atoms with Gasteiger partial charge in [0.15, 0.2) is 5.71 Å². The summed E-state index contributed by atoms with van der Waals surface area (Å²) in [5, 5.41) is 6.22. The molecule has 3 aromatic heterocycles. The number of hydrogen-bond acceptors (Lipinski definition) is 7. The maximum atomic E-state index is 13.4.